The maximum Gasteiger partial charge on any atom is 0.409 e. The van der Waals surface area contributed by atoms with Crippen molar-refractivity contribution >= 4 is 22.8 Å². The van der Waals surface area contributed by atoms with Crippen molar-refractivity contribution in [2.75, 3.05) is 37.7 Å². The highest BCUT2D eigenvalue weighted by atomic mass is 16.6. The Morgan fingerprint density at radius 1 is 1.15 bits per heavy atom. The van der Waals surface area contributed by atoms with E-state index >= 15 is 0 Å². The molecule has 0 unspecified atom stereocenters. The van der Waals surface area contributed by atoms with E-state index < -0.39 is 0 Å². The SMILES string of the molecule is CCOC(=O)N1CCN(c2ccnc3[nH]c(-c4ccccc4)cc23)CC1. The molecule has 1 amide bonds. The van der Waals surface area contributed by atoms with E-state index in [9.17, 15) is 4.79 Å². The molecule has 0 radical (unpaired) electrons. The number of pyridine rings is 1. The number of H-pyrrole nitrogens is 1. The van der Waals surface area contributed by atoms with E-state index in [0.717, 1.165) is 41.1 Å². The fourth-order valence-electron chi connectivity index (χ4n) is 3.41. The molecule has 6 heteroatoms. The molecule has 0 spiro atoms. The molecule has 6 nitrogen and oxygen atoms in total. The van der Waals surface area contributed by atoms with E-state index in [2.05, 4.69) is 33.1 Å². The number of ether oxygens (including phenoxy) is 1. The molecule has 1 aliphatic heterocycles. The van der Waals surface area contributed by atoms with Crippen LogP contribution in [0.3, 0.4) is 0 Å². The van der Waals surface area contributed by atoms with Crippen molar-refractivity contribution in [2.24, 2.45) is 0 Å². The minimum absolute atomic E-state index is 0.222. The van der Waals surface area contributed by atoms with E-state index in [1.807, 2.05) is 37.4 Å². The van der Waals surface area contributed by atoms with Crippen LogP contribution in [0.25, 0.3) is 22.3 Å². The Bertz CT molecular complexity index is 899. The number of nitrogens with zero attached hydrogens (tertiary/aromatic N) is 3. The standard InChI is InChI=1S/C20H22N4O2/c1-2-26-20(25)24-12-10-23(11-13-24)18-8-9-21-19-16(18)14-17(22-19)15-6-4-3-5-7-15/h3-9,14H,2,10-13H2,1H3,(H,21,22). The number of amides is 1. The molecule has 26 heavy (non-hydrogen) atoms. The first-order valence-corrected chi connectivity index (χ1v) is 8.96. The normalized spacial score (nSPS) is 14.7. The van der Waals surface area contributed by atoms with E-state index in [0.29, 0.717) is 19.7 Å². The van der Waals surface area contributed by atoms with Crippen molar-refractivity contribution in [3.63, 3.8) is 0 Å². The molecule has 4 rings (SSSR count). The second kappa shape index (κ2) is 7.07. The monoisotopic (exact) mass is 350 g/mol. The summed E-state index contributed by atoms with van der Waals surface area (Å²) in [6, 6.07) is 14.5. The van der Waals surface area contributed by atoms with E-state index in [-0.39, 0.29) is 6.09 Å². The third-order valence-corrected chi connectivity index (χ3v) is 4.74. The van der Waals surface area contributed by atoms with Crippen LogP contribution in [-0.4, -0.2) is 53.7 Å². The largest absolute Gasteiger partial charge is 0.450 e. The zero-order chi connectivity index (χ0) is 17.9. The zero-order valence-corrected chi connectivity index (χ0v) is 14.8. The van der Waals surface area contributed by atoms with Crippen LogP contribution >= 0.6 is 0 Å². The number of aromatic amines is 1. The van der Waals surface area contributed by atoms with Gasteiger partial charge in [0.2, 0.25) is 0 Å². The van der Waals surface area contributed by atoms with Crippen LogP contribution in [0.4, 0.5) is 10.5 Å². The number of nitrogens with one attached hydrogen (secondary N) is 1. The number of carbonyl (C=O) groups excluding carboxylic acids is 1. The number of hydrogen-bond acceptors (Lipinski definition) is 4. The molecule has 0 bridgehead atoms. The molecule has 3 heterocycles. The predicted octanol–water partition coefficient (Wildman–Crippen LogP) is 3.51. The summed E-state index contributed by atoms with van der Waals surface area (Å²) in [5.74, 6) is 0. The van der Waals surface area contributed by atoms with Crippen LogP contribution in [0, 0.1) is 0 Å². The number of piperazine rings is 1. The quantitative estimate of drug-likeness (QED) is 0.785. The maximum atomic E-state index is 11.9. The molecule has 1 N–H and O–H groups in total. The summed E-state index contributed by atoms with van der Waals surface area (Å²) >= 11 is 0. The highest BCUT2D eigenvalue weighted by Gasteiger charge is 2.23. The van der Waals surface area contributed by atoms with Crippen LogP contribution in [-0.2, 0) is 4.74 Å². The van der Waals surface area contributed by atoms with Crippen LogP contribution in [0.1, 0.15) is 6.92 Å². The van der Waals surface area contributed by atoms with Crippen molar-refractivity contribution in [3.8, 4) is 11.3 Å². The van der Waals surface area contributed by atoms with E-state index in [1.54, 1.807) is 4.90 Å². The minimum atomic E-state index is -0.222. The van der Waals surface area contributed by atoms with Crippen molar-refractivity contribution in [2.45, 2.75) is 6.92 Å². The molecule has 1 fully saturated rings. The van der Waals surface area contributed by atoms with Gasteiger partial charge < -0.3 is 19.5 Å². The summed E-state index contributed by atoms with van der Waals surface area (Å²) in [6.07, 6.45) is 1.61. The highest BCUT2D eigenvalue weighted by molar-refractivity contribution is 5.93. The summed E-state index contributed by atoms with van der Waals surface area (Å²) in [7, 11) is 0. The molecule has 2 aromatic heterocycles. The predicted molar refractivity (Wildman–Crippen MR) is 102 cm³/mol. The number of hydrogen-bond donors (Lipinski definition) is 1. The Kier molecular flexibility index (Phi) is 4.48. The number of benzene rings is 1. The number of aromatic nitrogens is 2. The average Bonchev–Trinajstić information content (AvgIpc) is 3.13. The number of rotatable bonds is 3. The lowest BCUT2D eigenvalue weighted by Gasteiger charge is -2.35. The molecule has 1 aliphatic rings. The van der Waals surface area contributed by atoms with Gasteiger partial charge in [-0.2, -0.15) is 0 Å². The van der Waals surface area contributed by atoms with Crippen molar-refractivity contribution < 1.29 is 9.53 Å². The van der Waals surface area contributed by atoms with Gasteiger partial charge in [-0.1, -0.05) is 30.3 Å². The molecule has 0 saturated carbocycles. The first-order valence-electron chi connectivity index (χ1n) is 8.96. The summed E-state index contributed by atoms with van der Waals surface area (Å²) in [5, 5.41) is 1.11. The first kappa shape index (κ1) is 16.4. The maximum absolute atomic E-state index is 11.9. The van der Waals surface area contributed by atoms with Crippen molar-refractivity contribution in [3.05, 3.63) is 48.7 Å². The van der Waals surface area contributed by atoms with Gasteiger partial charge in [-0.25, -0.2) is 9.78 Å². The van der Waals surface area contributed by atoms with Gasteiger partial charge in [0.15, 0.2) is 0 Å². The van der Waals surface area contributed by atoms with Gasteiger partial charge in [0.25, 0.3) is 0 Å². The van der Waals surface area contributed by atoms with Crippen molar-refractivity contribution in [1.82, 2.24) is 14.9 Å². The Labute approximate surface area is 152 Å². The number of carbonyl (C=O) groups is 1. The molecule has 134 valence electrons. The molecule has 0 atom stereocenters. The smallest absolute Gasteiger partial charge is 0.409 e. The lowest BCUT2D eigenvalue weighted by Crippen LogP contribution is -2.49. The molecule has 3 aromatic rings. The number of anilines is 1. The fourth-order valence-corrected chi connectivity index (χ4v) is 3.41. The van der Waals surface area contributed by atoms with Gasteiger partial charge in [-0.15, -0.1) is 0 Å². The van der Waals surface area contributed by atoms with E-state index in [1.165, 1.54) is 0 Å². The third-order valence-electron chi connectivity index (χ3n) is 4.74. The van der Waals surface area contributed by atoms with Crippen LogP contribution in [0.2, 0.25) is 0 Å². The lowest BCUT2D eigenvalue weighted by molar-refractivity contribution is 0.105. The van der Waals surface area contributed by atoms with Crippen molar-refractivity contribution in [1.29, 1.82) is 0 Å². The lowest BCUT2D eigenvalue weighted by atomic mass is 10.1. The van der Waals surface area contributed by atoms with Gasteiger partial charge in [0.05, 0.1) is 6.61 Å². The van der Waals surface area contributed by atoms with Gasteiger partial charge in [-0.05, 0) is 24.6 Å². The van der Waals surface area contributed by atoms with Gasteiger partial charge in [0.1, 0.15) is 5.65 Å². The minimum Gasteiger partial charge on any atom is -0.450 e. The zero-order valence-electron chi connectivity index (χ0n) is 14.8. The first-order chi connectivity index (χ1) is 12.8. The molecule has 1 aromatic carbocycles. The summed E-state index contributed by atoms with van der Waals surface area (Å²) in [5.41, 5.74) is 4.24. The Hall–Kier alpha value is -3.02. The summed E-state index contributed by atoms with van der Waals surface area (Å²) in [4.78, 5) is 23.9. The van der Waals surface area contributed by atoms with Gasteiger partial charge >= 0.3 is 6.09 Å². The Morgan fingerprint density at radius 2 is 1.92 bits per heavy atom. The summed E-state index contributed by atoms with van der Waals surface area (Å²) in [6.45, 7) is 5.14. The third kappa shape index (κ3) is 3.10. The molecular weight excluding hydrogens is 328 g/mol. The fraction of sp³-hybridized carbons (Fsp3) is 0.300. The van der Waals surface area contributed by atoms with Crippen LogP contribution < -0.4 is 4.90 Å². The summed E-state index contributed by atoms with van der Waals surface area (Å²) < 4.78 is 5.10. The van der Waals surface area contributed by atoms with Gasteiger partial charge in [0, 0.05) is 49.1 Å². The average molecular weight is 350 g/mol. The Morgan fingerprint density at radius 3 is 2.65 bits per heavy atom. The molecule has 1 saturated heterocycles. The second-order valence-corrected chi connectivity index (χ2v) is 6.31. The molecular formula is C20H22N4O2. The van der Waals surface area contributed by atoms with E-state index in [4.69, 9.17) is 4.74 Å². The molecule has 0 aliphatic carbocycles. The van der Waals surface area contributed by atoms with Crippen LogP contribution in [0.15, 0.2) is 48.7 Å². The number of fused-ring (bicyclic) bond motifs is 1. The van der Waals surface area contributed by atoms with Gasteiger partial charge in [-0.3, -0.25) is 0 Å². The Balaban J connectivity index is 1.58. The van der Waals surface area contributed by atoms with Crippen LogP contribution in [0.5, 0.6) is 0 Å². The topological polar surface area (TPSA) is 61.5 Å². The highest BCUT2D eigenvalue weighted by Crippen LogP contribution is 2.30. The second-order valence-electron chi connectivity index (χ2n) is 6.31.